The zero-order valence-electron chi connectivity index (χ0n) is 13.8. The van der Waals surface area contributed by atoms with Crippen molar-refractivity contribution in [2.24, 2.45) is 0 Å². The number of rotatable bonds is 4. The molecule has 4 heteroatoms. The van der Waals surface area contributed by atoms with Gasteiger partial charge in [-0.15, -0.1) is 0 Å². The van der Waals surface area contributed by atoms with Crippen LogP contribution in [0.25, 0.3) is 11.3 Å². The van der Waals surface area contributed by atoms with Gasteiger partial charge in [-0.2, -0.15) is 0 Å². The first-order valence-electron chi connectivity index (χ1n) is 7.38. The number of aromatic nitrogens is 1. The zero-order valence-corrected chi connectivity index (χ0v) is 13.8. The summed E-state index contributed by atoms with van der Waals surface area (Å²) in [6.07, 6.45) is 0. The molecule has 0 atom stereocenters. The number of pyridine rings is 1. The molecule has 0 aliphatic rings. The maximum Gasteiger partial charge on any atom is 0.257 e. The van der Waals surface area contributed by atoms with Crippen LogP contribution in [-0.4, -0.2) is 16.8 Å². The normalized spacial score (nSPS) is 11.8. The Balaban J connectivity index is 2.66. The molecule has 1 heterocycles. The van der Waals surface area contributed by atoms with Gasteiger partial charge >= 0.3 is 0 Å². The van der Waals surface area contributed by atoms with E-state index in [0.29, 0.717) is 5.56 Å². The first kappa shape index (κ1) is 16.3. The summed E-state index contributed by atoms with van der Waals surface area (Å²) in [6.45, 7) is 7.17. The number of ether oxygens (including phenoxy) is 1. The van der Waals surface area contributed by atoms with Crippen molar-refractivity contribution in [3.05, 3.63) is 52.3 Å². The molecular formula is C18H23NO3. The molecule has 1 aromatic heterocycles. The molecule has 1 N–H and O–H groups in total. The molecule has 0 aliphatic carbocycles. The Bertz CT molecular complexity index is 707. The predicted octanol–water partition coefficient (Wildman–Crippen LogP) is 3.33. The van der Waals surface area contributed by atoms with E-state index in [1.54, 1.807) is 31.6 Å². The topological polar surface area (TPSA) is 51.5 Å². The van der Waals surface area contributed by atoms with Crippen molar-refractivity contribution in [3.8, 4) is 17.0 Å². The molecule has 0 unspecified atom stereocenters. The van der Waals surface area contributed by atoms with Crippen molar-refractivity contribution < 1.29 is 9.84 Å². The van der Waals surface area contributed by atoms with Crippen LogP contribution in [0.4, 0.5) is 0 Å². The van der Waals surface area contributed by atoms with Crippen LogP contribution in [0.2, 0.25) is 0 Å². The van der Waals surface area contributed by atoms with Crippen molar-refractivity contribution in [2.75, 3.05) is 7.11 Å². The Labute approximate surface area is 131 Å². The molecular weight excluding hydrogens is 278 g/mol. The number of aliphatic hydroxyl groups is 1. The van der Waals surface area contributed by atoms with E-state index < -0.39 is 5.60 Å². The van der Waals surface area contributed by atoms with Gasteiger partial charge < -0.3 is 14.4 Å². The lowest BCUT2D eigenvalue weighted by Crippen LogP contribution is -2.33. The van der Waals surface area contributed by atoms with Crippen molar-refractivity contribution >= 4 is 0 Å². The molecule has 4 nitrogen and oxygen atoms in total. The lowest BCUT2D eigenvalue weighted by Gasteiger charge is -2.23. The van der Waals surface area contributed by atoms with Gasteiger partial charge in [-0.25, -0.2) is 0 Å². The fourth-order valence-corrected chi connectivity index (χ4v) is 2.53. The second kappa shape index (κ2) is 5.97. The molecule has 0 spiro atoms. The molecule has 0 radical (unpaired) electrons. The average Bonchev–Trinajstić information content (AvgIpc) is 2.45. The molecule has 0 saturated heterocycles. The van der Waals surface area contributed by atoms with E-state index in [0.717, 1.165) is 17.0 Å². The SMILES string of the molecule is COc1ccc(-c2ccc(C(C)(C)O)c(=O)n2C(C)C)cc1. The summed E-state index contributed by atoms with van der Waals surface area (Å²) in [5.74, 6) is 0.773. The van der Waals surface area contributed by atoms with Crippen molar-refractivity contribution in [3.63, 3.8) is 0 Å². The van der Waals surface area contributed by atoms with Crippen LogP contribution in [0.15, 0.2) is 41.2 Å². The molecule has 22 heavy (non-hydrogen) atoms. The van der Waals surface area contributed by atoms with E-state index in [1.165, 1.54) is 0 Å². The summed E-state index contributed by atoms with van der Waals surface area (Å²) in [5, 5.41) is 10.2. The predicted molar refractivity (Wildman–Crippen MR) is 88.3 cm³/mol. The summed E-state index contributed by atoms with van der Waals surface area (Å²) in [7, 11) is 1.62. The quantitative estimate of drug-likeness (QED) is 0.942. The van der Waals surface area contributed by atoms with Gasteiger partial charge in [-0.05, 0) is 69.7 Å². The van der Waals surface area contributed by atoms with Crippen molar-refractivity contribution in [1.29, 1.82) is 0 Å². The lowest BCUT2D eigenvalue weighted by molar-refractivity contribution is 0.0764. The molecule has 0 fully saturated rings. The van der Waals surface area contributed by atoms with Gasteiger partial charge in [0, 0.05) is 11.6 Å². The van der Waals surface area contributed by atoms with Crippen LogP contribution in [-0.2, 0) is 5.60 Å². The first-order valence-corrected chi connectivity index (χ1v) is 7.38. The second-order valence-corrected chi connectivity index (χ2v) is 6.19. The molecule has 0 aliphatic heterocycles. The van der Waals surface area contributed by atoms with E-state index in [4.69, 9.17) is 4.74 Å². The van der Waals surface area contributed by atoms with Crippen molar-refractivity contribution in [2.45, 2.75) is 39.3 Å². The van der Waals surface area contributed by atoms with E-state index >= 15 is 0 Å². The summed E-state index contributed by atoms with van der Waals surface area (Å²) < 4.78 is 6.89. The second-order valence-electron chi connectivity index (χ2n) is 6.19. The lowest BCUT2D eigenvalue weighted by atomic mass is 9.98. The van der Waals surface area contributed by atoms with Crippen LogP contribution < -0.4 is 10.3 Å². The number of nitrogens with zero attached hydrogens (tertiary/aromatic N) is 1. The first-order chi connectivity index (χ1) is 10.3. The minimum Gasteiger partial charge on any atom is -0.497 e. The van der Waals surface area contributed by atoms with Crippen LogP contribution in [0.3, 0.4) is 0 Å². The third-order valence-electron chi connectivity index (χ3n) is 3.68. The minimum atomic E-state index is -1.16. The van der Waals surface area contributed by atoms with Crippen LogP contribution in [0, 0.1) is 0 Å². The third kappa shape index (κ3) is 3.07. The van der Waals surface area contributed by atoms with Gasteiger partial charge in [0.05, 0.1) is 18.4 Å². The maximum atomic E-state index is 12.8. The Morgan fingerprint density at radius 2 is 1.68 bits per heavy atom. The number of hydrogen-bond donors (Lipinski definition) is 1. The van der Waals surface area contributed by atoms with Gasteiger partial charge in [0.1, 0.15) is 5.75 Å². The van der Waals surface area contributed by atoms with E-state index in [2.05, 4.69) is 0 Å². The van der Waals surface area contributed by atoms with E-state index in [-0.39, 0.29) is 11.6 Å². The molecule has 2 aromatic rings. The highest BCUT2D eigenvalue weighted by Crippen LogP contribution is 2.26. The monoisotopic (exact) mass is 301 g/mol. The van der Waals surface area contributed by atoms with Gasteiger partial charge in [0.25, 0.3) is 5.56 Å². The third-order valence-corrected chi connectivity index (χ3v) is 3.68. The minimum absolute atomic E-state index is 0.00750. The molecule has 0 amide bonds. The highest BCUT2D eigenvalue weighted by atomic mass is 16.5. The number of methoxy groups -OCH3 is 1. The largest absolute Gasteiger partial charge is 0.497 e. The van der Waals surface area contributed by atoms with Crippen LogP contribution in [0.1, 0.15) is 39.3 Å². The van der Waals surface area contributed by atoms with Crippen LogP contribution in [0.5, 0.6) is 5.75 Å². The van der Waals surface area contributed by atoms with Crippen molar-refractivity contribution in [1.82, 2.24) is 4.57 Å². The highest BCUT2D eigenvalue weighted by Gasteiger charge is 2.23. The highest BCUT2D eigenvalue weighted by molar-refractivity contribution is 5.61. The average molecular weight is 301 g/mol. The van der Waals surface area contributed by atoms with Gasteiger partial charge in [-0.1, -0.05) is 0 Å². The molecule has 0 saturated carbocycles. The Hall–Kier alpha value is -2.07. The number of benzene rings is 1. The fourth-order valence-electron chi connectivity index (χ4n) is 2.53. The summed E-state index contributed by atoms with van der Waals surface area (Å²) in [6, 6.07) is 11.2. The summed E-state index contributed by atoms with van der Waals surface area (Å²) in [4.78, 5) is 12.8. The molecule has 118 valence electrons. The zero-order chi connectivity index (χ0) is 16.5. The number of hydrogen-bond acceptors (Lipinski definition) is 3. The van der Waals surface area contributed by atoms with Gasteiger partial charge in [0.15, 0.2) is 0 Å². The van der Waals surface area contributed by atoms with E-state index in [1.807, 2.05) is 44.2 Å². The molecule has 0 bridgehead atoms. The fraction of sp³-hybridized carbons (Fsp3) is 0.389. The summed E-state index contributed by atoms with van der Waals surface area (Å²) >= 11 is 0. The Morgan fingerprint density at radius 3 is 2.14 bits per heavy atom. The van der Waals surface area contributed by atoms with Gasteiger partial charge in [0.2, 0.25) is 0 Å². The molecule has 2 rings (SSSR count). The molecule has 1 aromatic carbocycles. The van der Waals surface area contributed by atoms with Crippen LogP contribution >= 0.6 is 0 Å². The maximum absolute atomic E-state index is 12.8. The van der Waals surface area contributed by atoms with E-state index in [9.17, 15) is 9.90 Å². The smallest absolute Gasteiger partial charge is 0.257 e. The standard InChI is InChI=1S/C18H23NO3/c1-12(2)19-16(13-6-8-14(22-5)9-7-13)11-10-15(17(19)20)18(3,4)21/h6-12,21H,1-5H3. The Kier molecular flexibility index (Phi) is 4.42. The Morgan fingerprint density at radius 1 is 1.09 bits per heavy atom. The summed E-state index contributed by atoms with van der Waals surface area (Å²) in [5.41, 5.74) is 0.852. The van der Waals surface area contributed by atoms with Gasteiger partial charge in [-0.3, -0.25) is 4.79 Å².